The maximum absolute atomic E-state index is 11.0. The Morgan fingerprint density at radius 1 is 1.50 bits per heavy atom. The van der Waals surface area contributed by atoms with Gasteiger partial charge in [-0.1, -0.05) is 15.9 Å². The molecule has 3 heteroatoms. The Morgan fingerprint density at radius 3 is 2.60 bits per heavy atom. The van der Waals surface area contributed by atoms with Crippen LogP contribution in [-0.2, 0) is 7.05 Å². The predicted octanol–water partition coefficient (Wildman–Crippen LogP) is 1.46. The highest BCUT2D eigenvalue weighted by Crippen LogP contribution is 2.06. The first-order valence-corrected chi connectivity index (χ1v) is 3.74. The van der Waals surface area contributed by atoms with Gasteiger partial charge in [0.25, 0.3) is 5.56 Å². The first kappa shape index (κ1) is 7.54. The molecular weight excluding hydrogens is 194 g/mol. The Balaban J connectivity index is 3.46. The number of hydrogen-bond acceptors (Lipinski definition) is 1. The third-order valence-electron chi connectivity index (χ3n) is 1.47. The van der Waals surface area contributed by atoms with Crippen LogP contribution in [0.25, 0.3) is 0 Å². The van der Waals surface area contributed by atoms with E-state index in [2.05, 4.69) is 15.9 Å². The molecule has 0 unspecified atom stereocenters. The Bertz CT molecular complexity index is 303. The van der Waals surface area contributed by atoms with Gasteiger partial charge in [0.15, 0.2) is 0 Å². The van der Waals surface area contributed by atoms with E-state index in [0.29, 0.717) is 0 Å². The zero-order valence-electron chi connectivity index (χ0n) is 5.89. The van der Waals surface area contributed by atoms with Crippen LogP contribution >= 0.6 is 15.9 Å². The molecule has 54 valence electrons. The van der Waals surface area contributed by atoms with Crippen molar-refractivity contribution >= 4 is 15.9 Å². The van der Waals surface area contributed by atoms with Crippen LogP contribution in [-0.4, -0.2) is 4.57 Å². The topological polar surface area (TPSA) is 22.0 Å². The van der Waals surface area contributed by atoms with Crippen LogP contribution in [0.3, 0.4) is 0 Å². The third-order valence-corrected chi connectivity index (χ3v) is 1.93. The normalized spacial score (nSPS) is 9.90. The molecule has 1 aromatic rings. The Kier molecular flexibility index (Phi) is 1.94. The van der Waals surface area contributed by atoms with Crippen molar-refractivity contribution < 1.29 is 0 Å². The number of rotatable bonds is 0. The average molecular weight is 202 g/mol. The van der Waals surface area contributed by atoms with Crippen molar-refractivity contribution in [2.75, 3.05) is 0 Å². The van der Waals surface area contributed by atoms with Crippen LogP contribution in [0.2, 0.25) is 0 Å². The van der Waals surface area contributed by atoms with Gasteiger partial charge in [-0.25, -0.2) is 0 Å². The van der Waals surface area contributed by atoms with Gasteiger partial charge in [-0.3, -0.25) is 4.79 Å². The van der Waals surface area contributed by atoms with Gasteiger partial charge in [-0.2, -0.15) is 0 Å². The lowest BCUT2D eigenvalue weighted by Crippen LogP contribution is -2.17. The van der Waals surface area contributed by atoms with Gasteiger partial charge in [-0.05, 0) is 13.0 Å². The number of aromatic nitrogens is 1. The summed E-state index contributed by atoms with van der Waals surface area (Å²) in [6.07, 6.45) is 0. The van der Waals surface area contributed by atoms with Crippen molar-refractivity contribution in [1.82, 2.24) is 4.57 Å². The lowest BCUT2D eigenvalue weighted by atomic mass is 10.4. The van der Waals surface area contributed by atoms with E-state index in [9.17, 15) is 4.79 Å². The van der Waals surface area contributed by atoms with E-state index in [-0.39, 0.29) is 5.56 Å². The van der Waals surface area contributed by atoms with Crippen LogP contribution in [0.15, 0.2) is 21.4 Å². The quantitative estimate of drug-likeness (QED) is 0.624. The Morgan fingerprint density at radius 2 is 2.10 bits per heavy atom. The van der Waals surface area contributed by atoms with Gasteiger partial charge in [0.2, 0.25) is 0 Å². The number of halogens is 1. The fourth-order valence-corrected chi connectivity index (χ4v) is 1.25. The molecule has 0 bridgehead atoms. The molecule has 0 aliphatic carbocycles. The first-order chi connectivity index (χ1) is 4.61. The van der Waals surface area contributed by atoms with Gasteiger partial charge in [0.1, 0.15) is 0 Å². The summed E-state index contributed by atoms with van der Waals surface area (Å²) in [4.78, 5) is 11.0. The minimum atomic E-state index is 0.0203. The largest absolute Gasteiger partial charge is 0.316 e. The van der Waals surface area contributed by atoms with Gasteiger partial charge in [-0.15, -0.1) is 0 Å². The zero-order chi connectivity index (χ0) is 7.72. The van der Waals surface area contributed by atoms with Crippen molar-refractivity contribution in [3.63, 3.8) is 0 Å². The van der Waals surface area contributed by atoms with E-state index in [4.69, 9.17) is 0 Å². The number of nitrogens with zero attached hydrogens (tertiary/aromatic N) is 1. The highest BCUT2D eigenvalue weighted by Gasteiger charge is 1.94. The lowest BCUT2D eigenvalue weighted by molar-refractivity contribution is 0.816. The molecule has 0 spiro atoms. The minimum absolute atomic E-state index is 0.0203. The maximum Gasteiger partial charge on any atom is 0.251 e. The second kappa shape index (κ2) is 2.58. The molecule has 0 fully saturated rings. The van der Waals surface area contributed by atoms with Gasteiger partial charge >= 0.3 is 0 Å². The zero-order valence-corrected chi connectivity index (χ0v) is 7.47. The number of aryl methyl sites for hydroxylation is 1. The summed E-state index contributed by atoms with van der Waals surface area (Å²) >= 11 is 3.23. The molecule has 0 atom stereocenters. The summed E-state index contributed by atoms with van der Waals surface area (Å²) in [5.74, 6) is 0. The van der Waals surface area contributed by atoms with Crippen molar-refractivity contribution in [1.29, 1.82) is 0 Å². The highest BCUT2D eigenvalue weighted by molar-refractivity contribution is 9.10. The summed E-state index contributed by atoms with van der Waals surface area (Å²) in [7, 11) is 1.75. The molecule has 1 aromatic heterocycles. The summed E-state index contributed by atoms with van der Waals surface area (Å²) in [5, 5.41) is 0. The molecular formula is C7H8BrNO. The standard InChI is InChI=1S/C7H8BrNO/c1-5-3-6(8)4-7(10)9(5)2/h3-4H,1-2H3. The van der Waals surface area contributed by atoms with E-state index in [1.54, 1.807) is 17.7 Å². The maximum atomic E-state index is 11.0. The fraction of sp³-hybridized carbons (Fsp3) is 0.286. The second-order valence-electron chi connectivity index (χ2n) is 2.21. The van der Waals surface area contributed by atoms with Crippen molar-refractivity contribution in [3.8, 4) is 0 Å². The van der Waals surface area contributed by atoms with E-state index < -0.39 is 0 Å². The van der Waals surface area contributed by atoms with Gasteiger partial charge in [0.05, 0.1) is 0 Å². The first-order valence-electron chi connectivity index (χ1n) is 2.94. The van der Waals surface area contributed by atoms with Crippen LogP contribution < -0.4 is 5.56 Å². The van der Waals surface area contributed by atoms with Crippen LogP contribution in [0.1, 0.15) is 5.69 Å². The second-order valence-corrected chi connectivity index (χ2v) is 3.13. The molecule has 0 saturated carbocycles. The summed E-state index contributed by atoms with van der Waals surface area (Å²) in [6.45, 7) is 1.90. The van der Waals surface area contributed by atoms with Gasteiger partial charge < -0.3 is 4.57 Å². The van der Waals surface area contributed by atoms with Crippen molar-refractivity contribution in [2.45, 2.75) is 6.92 Å². The molecule has 0 aromatic carbocycles. The molecule has 1 heterocycles. The lowest BCUT2D eigenvalue weighted by Gasteiger charge is -2.01. The van der Waals surface area contributed by atoms with E-state index in [1.807, 2.05) is 13.0 Å². The monoisotopic (exact) mass is 201 g/mol. The Hall–Kier alpha value is -0.570. The molecule has 2 nitrogen and oxygen atoms in total. The smallest absolute Gasteiger partial charge is 0.251 e. The van der Waals surface area contributed by atoms with Crippen LogP contribution in [0, 0.1) is 6.92 Å². The van der Waals surface area contributed by atoms with Gasteiger partial charge in [0, 0.05) is 23.3 Å². The third kappa shape index (κ3) is 1.29. The molecule has 10 heavy (non-hydrogen) atoms. The minimum Gasteiger partial charge on any atom is -0.316 e. The SMILES string of the molecule is Cc1cc(Br)cc(=O)n1C. The molecule has 0 radical (unpaired) electrons. The fourth-order valence-electron chi connectivity index (χ4n) is 0.727. The van der Waals surface area contributed by atoms with E-state index in [1.165, 1.54) is 0 Å². The molecule has 0 amide bonds. The molecule has 0 saturated heterocycles. The van der Waals surface area contributed by atoms with Crippen LogP contribution in [0.5, 0.6) is 0 Å². The summed E-state index contributed by atoms with van der Waals surface area (Å²) < 4.78 is 2.44. The summed E-state index contributed by atoms with van der Waals surface area (Å²) in [6, 6.07) is 3.45. The molecule has 0 N–H and O–H groups in total. The average Bonchev–Trinajstić information content (AvgIpc) is 1.82. The number of hydrogen-bond donors (Lipinski definition) is 0. The molecule has 1 rings (SSSR count). The number of pyridine rings is 1. The predicted molar refractivity (Wildman–Crippen MR) is 44.1 cm³/mol. The van der Waals surface area contributed by atoms with E-state index in [0.717, 1.165) is 10.2 Å². The van der Waals surface area contributed by atoms with Crippen molar-refractivity contribution in [2.24, 2.45) is 7.05 Å². The molecule has 0 aliphatic rings. The summed E-state index contributed by atoms with van der Waals surface area (Å²) in [5.41, 5.74) is 0.978. The molecule has 0 aliphatic heterocycles. The van der Waals surface area contributed by atoms with E-state index >= 15 is 0 Å². The highest BCUT2D eigenvalue weighted by atomic mass is 79.9. The van der Waals surface area contributed by atoms with Crippen molar-refractivity contribution in [3.05, 3.63) is 32.7 Å². The Labute approximate surface area is 67.6 Å². The van der Waals surface area contributed by atoms with Crippen LogP contribution in [0.4, 0.5) is 0 Å².